The summed E-state index contributed by atoms with van der Waals surface area (Å²) in [4.78, 5) is 12.3. The molecule has 2 aromatic heterocycles. The fraction of sp³-hybridized carbons (Fsp3) is 0.357. The van der Waals surface area contributed by atoms with Gasteiger partial charge in [0.25, 0.3) is 6.01 Å². The number of hydrogen-bond donors (Lipinski definition) is 2. The molecule has 5 atom stereocenters. The standard InChI is InChI=1S/C28H27ClN4O5S/c1-39(35,19-10-11-19)33-18-8-6-16(7-9-18)15-2-4-17(5-3-15)24-20(29)12-21-27(31-24)32-28(30-21)38-23-14-37-25-22(34)13-36-26(23)25/h2-9,12,19,22-23,25-26,34H,10-11,13-14H2,1H3,(H,30,31,32)/t22-,23-,25-,26-,39?/m1/s1. The number of benzene rings is 2. The minimum Gasteiger partial charge on any atom is -0.456 e. The molecule has 39 heavy (non-hydrogen) atoms. The zero-order chi connectivity index (χ0) is 26.7. The first-order chi connectivity index (χ1) is 18.8. The van der Waals surface area contributed by atoms with Gasteiger partial charge in [0.15, 0.2) is 11.8 Å². The number of hydrogen-bond acceptors (Lipinski definition) is 8. The van der Waals surface area contributed by atoms with Gasteiger partial charge in [0, 0.05) is 17.1 Å². The van der Waals surface area contributed by atoms with E-state index in [1.54, 1.807) is 12.3 Å². The maximum Gasteiger partial charge on any atom is 0.296 e. The molecule has 0 bridgehead atoms. The lowest BCUT2D eigenvalue weighted by molar-refractivity contribution is 0.00706. The van der Waals surface area contributed by atoms with Crippen LogP contribution in [-0.4, -0.2) is 73.4 Å². The molecule has 3 fully saturated rings. The van der Waals surface area contributed by atoms with Crippen LogP contribution >= 0.6 is 11.6 Å². The van der Waals surface area contributed by atoms with Crippen molar-refractivity contribution < 1.29 is 23.5 Å². The van der Waals surface area contributed by atoms with Gasteiger partial charge in [-0.2, -0.15) is 9.35 Å². The van der Waals surface area contributed by atoms with E-state index in [-0.39, 0.29) is 30.2 Å². The van der Waals surface area contributed by atoms with Gasteiger partial charge in [-0.05, 0) is 42.2 Å². The van der Waals surface area contributed by atoms with Crippen LogP contribution in [0.15, 0.2) is 59.0 Å². The fourth-order valence-corrected chi connectivity index (χ4v) is 7.12. The molecular weight excluding hydrogens is 540 g/mol. The van der Waals surface area contributed by atoms with E-state index in [1.807, 2.05) is 48.5 Å². The molecule has 7 rings (SSSR count). The Morgan fingerprint density at radius 1 is 1.00 bits per heavy atom. The first kappa shape index (κ1) is 25.0. The van der Waals surface area contributed by atoms with Gasteiger partial charge < -0.3 is 19.3 Å². The van der Waals surface area contributed by atoms with Gasteiger partial charge in [-0.25, -0.2) is 9.19 Å². The molecule has 2 N–H and O–H groups in total. The van der Waals surface area contributed by atoms with E-state index in [1.165, 1.54) is 0 Å². The normalized spacial score (nSPS) is 25.9. The molecule has 9 nitrogen and oxygen atoms in total. The molecule has 1 unspecified atom stereocenters. The average molecular weight is 567 g/mol. The highest BCUT2D eigenvalue weighted by Gasteiger charge is 2.48. The van der Waals surface area contributed by atoms with Crippen molar-refractivity contribution in [2.45, 2.75) is 42.5 Å². The van der Waals surface area contributed by atoms with Crippen molar-refractivity contribution >= 4 is 38.2 Å². The van der Waals surface area contributed by atoms with E-state index >= 15 is 0 Å². The molecule has 0 radical (unpaired) electrons. The maximum absolute atomic E-state index is 12.7. The first-order valence-electron chi connectivity index (χ1n) is 12.9. The minimum absolute atomic E-state index is 0.233. The van der Waals surface area contributed by atoms with Crippen molar-refractivity contribution in [2.75, 3.05) is 19.5 Å². The molecule has 1 saturated carbocycles. The van der Waals surface area contributed by atoms with E-state index in [9.17, 15) is 9.32 Å². The monoisotopic (exact) mass is 566 g/mol. The van der Waals surface area contributed by atoms with E-state index < -0.39 is 15.8 Å². The molecule has 11 heteroatoms. The summed E-state index contributed by atoms with van der Waals surface area (Å²) >= 11 is 6.60. The largest absolute Gasteiger partial charge is 0.456 e. The lowest BCUT2D eigenvalue weighted by atomic mass is 10.0. The Bertz CT molecular complexity index is 1660. The van der Waals surface area contributed by atoms with Gasteiger partial charge in [-0.15, -0.1) is 0 Å². The first-order valence-corrected chi connectivity index (χ1v) is 15.3. The van der Waals surface area contributed by atoms with E-state index in [0.29, 0.717) is 34.5 Å². The number of H-pyrrole nitrogens is 1. The van der Waals surface area contributed by atoms with E-state index in [4.69, 9.17) is 30.8 Å². The number of ether oxygens (including phenoxy) is 3. The Morgan fingerprint density at radius 2 is 1.67 bits per heavy atom. The number of imidazole rings is 1. The predicted molar refractivity (Wildman–Crippen MR) is 149 cm³/mol. The third kappa shape index (κ3) is 4.81. The molecule has 2 aliphatic heterocycles. The number of pyridine rings is 1. The fourth-order valence-electron chi connectivity index (χ4n) is 5.17. The highest BCUT2D eigenvalue weighted by atomic mass is 35.5. The lowest BCUT2D eigenvalue weighted by Gasteiger charge is -2.15. The summed E-state index contributed by atoms with van der Waals surface area (Å²) in [5.74, 6) is 0. The van der Waals surface area contributed by atoms with Crippen molar-refractivity contribution in [1.29, 1.82) is 0 Å². The topological polar surface area (TPSA) is 119 Å². The van der Waals surface area contributed by atoms with Gasteiger partial charge in [0.2, 0.25) is 0 Å². The highest BCUT2D eigenvalue weighted by Crippen LogP contribution is 2.34. The Kier molecular flexibility index (Phi) is 6.13. The lowest BCUT2D eigenvalue weighted by Crippen LogP contribution is -2.34. The van der Waals surface area contributed by atoms with Crippen molar-refractivity contribution in [3.8, 4) is 28.4 Å². The number of halogens is 1. The Balaban J connectivity index is 1.09. The van der Waals surface area contributed by atoms with Crippen molar-refractivity contribution in [3.05, 3.63) is 59.6 Å². The van der Waals surface area contributed by atoms with Gasteiger partial charge in [0.05, 0.1) is 39.3 Å². The van der Waals surface area contributed by atoms with Gasteiger partial charge in [-0.3, -0.25) is 4.98 Å². The molecule has 2 saturated heterocycles. The smallest absolute Gasteiger partial charge is 0.296 e. The second kappa shape index (κ2) is 9.57. The Hall–Kier alpha value is -3.02. The minimum atomic E-state index is -2.16. The molecular formula is C28H27ClN4O5S. The van der Waals surface area contributed by atoms with Crippen LogP contribution in [0.1, 0.15) is 12.8 Å². The number of rotatable bonds is 6. The number of aromatic nitrogens is 3. The van der Waals surface area contributed by atoms with Crippen LogP contribution in [0.2, 0.25) is 5.02 Å². The van der Waals surface area contributed by atoms with Crippen LogP contribution in [0.5, 0.6) is 6.01 Å². The number of fused-ring (bicyclic) bond motifs is 2. The predicted octanol–water partition coefficient (Wildman–Crippen LogP) is 4.74. The van der Waals surface area contributed by atoms with Crippen molar-refractivity contribution in [1.82, 2.24) is 15.0 Å². The Morgan fingerprint density at radius 3 is 2.38 bits per heavy atom. The summed E-state index contributed by atoms with van der Waals surface area (Å²) in [6, 6.07) is 17.9. The number of nitrogens with one attached hydrogen (secondary N) is 1. The van der Waals surface area contributed by atoms with Gasteiger partial charge in [0.1, 0.15) is 23.8 Å². The van der Waals surface area contributed by atoms with Crippen molar-refractivity contribution in [2.24, 2.45) is 4.36 Å². The summed E-state index contributed by atoms with van der Waals surface area (Å²) in [6.45, 7) is 0.546. The van der Waals surface area contributed by atoms with Crippen molar-refractivity contribution in [3.63, 3.8) is 0 Å². The molecule has 4 heterocycles. The molecule has 202 valence electrons. The third-order valence-electron chi connectivity index (χ3n) is 7.44. The van der Waals surface area contributed by atoms with Crippen LogP contribution in [0, 0.1) is 0 Å². The third-order valence-corrected chi connectivity index (χ3v) is 10.0. The Labute approximate surface area is 230 Å². The summed E-state index contributed by atoms with van der Waals surface area (Å²) in [6.07, 6.45) is 2.03. The van der Waals surface area contributed by atoms with Crippen LogP contribution < -0.4 is 4.74 Å². The number of aromatic amines is 1. The van der Waals surface area contributed by atoms with Crippen LogP contribution in [0.25, 0.3) is 33.5 Å². The maximum atomic E-state index is 12.7. The number of aliphatic hydroxyl groups is 1. The summed E-state index contributed by atoms with van der Waals surface area (Å²) in [7, 11) is -2.16. The second-order valence-electron chi connectivity index (χ2n) is 10.3. The summed E-state index contributed by atoms with van der Waals surface area (Å²) < 4.78 is 34.4. The molecule has 0 amide bonds. The second-order valence-corrected chi connectivity index (χ2v) is 13.3. The zero-order valence-corrected chi connectivity index (χ0v) is 22.7. The quantitative estimate of drug-likeness (QED) is 0.346. The summed E-state index contributed by atoms with van der Waals surface area (Å²) in [5, 5.41) is 10.7. The van der Waals surface area contributed by atoms with Crippen LogP contribution in [0.3, 0.4) is 0 Å². The van der Waals surface area contributed by atoms with Crippen LogP contribution in [-0.2, 0) is 19.2 Å². The van der Waals surface area contributed by atoms with Gasteiger partial charge in [-0.1, -0.05) is 48.0 Å². The SMILES string of the molecule is CS(=O)(=Nc1ccc(-c2ccc(-c3nc4[nH]c(O[C@@H]5CO[C@H]6[C@@H]5OC[C@H]6O)nc4cc3Cl)cc2)cc1)C1CC1. The number of aliphatic hydroxyl groups excluding tert-OH is 1. The van der Waals surface area contributed by atoms with Gasteiger partial charge >= 0.3 is 0 Å². The molecule has 2 aromatic carbocycles. The van der Waals surface area contributed by atoms with E-state index in [2.05, 4.69) is 14.3 Å². The average Bonchev–Trinajstić information content (AvgIpc) is 3.49. The number of nitrogens with zero attached hydrogens (tertiary/aromatic N) is 3. The molecule has 1 aliphatic carbocycles. The molecule has 3 aliphatic rings. The summed E-state index contributed by atoms with van der Waals surface area (Å²) in [5.41, 5.74) is 5.45. The molecule has 4 aromatic rings. The molecule has 0 spiro atoms. The van der Waals surface area contributed by atoms with E-state index in [0.717, 1.165) is 35.2 Å². The van der Waals surface area contributed by atoms with Crippen LogP contribution in [0.4, 0.5) is 5.69 Å². The zero-order valence-electron chi connectivity index (χ0n) is 21.1. The highest BCUT2D eigenvalue weighted by molar-refractivity contribution is 7.93.